The van der Waals surface area contributed by atoms with Gasteiger partial charge in [-0.2, -0.15) is 0 Å². The van der Waals surface area contributed by atoms with Crippen LogP contribution in [0.3, 0.4) is 0 Å². The summed E-state index contributed by atoms with van der Waals surface area (Å²) in [6.07, 6.45) is 0. The van der Waals surface area contributed by atoms with Crippen molar-refractivity contribution in [3.8, 4) is 0 Å². The first-order chi connectivity index (χ1) is 9.70. The molecule has 0 saturated carbocycles. The van der Waals surface area contributed by atoms with E-state index >= 15 is 0 Å². The maximum Gasteiger partial charge on any atom is 0.0713 e. The van der Waals surface area contributed by atoms with Gasteiger partial charge in [-0.25, -0.2) is 0 Å². The van der Waals surface area contributed by atoms with Crippen molar-refractivity contribution in [3.05, 3.63) is 70.8 Å². The third-order valence-electron chi connectivity index (χ3n) is 3.60. The van der Waals surface area contributed by atoms with Crippen LogP contribution in [-0.4, -0.2) is 7.11 Å². The van der Waals surface area contributed by atoms with Crippen molar-refractivity contribution >= 4 is 0 Å². The van der Waals surface area contributed by atoms with E-state index in [1.54, 1.807) is 7.11 Å². The van der Waals surface area contributed by atoms with Gasteiger partial charge in [0.25, 0.3) is 0 Å². The molecule has 0 aromatic heterocycles. The first-order valence-electron chi connectivity index (χ1n) is 7.06. The Hall–Kier alpha value is -1.64. The number of methoxy groups -OCH3 is 1. The molecule has 20 heavy (non-hydrogen) atoms. The molecule has 0 amide bonds. The summed E-state index contributed by atoms with van der Waals surface area (Å²) in [6.45, 7) is 5.92. The summed E-state index contributed by atoms with van der Waals surface area (Å²) in [5, 5.41) is 3.58. The van der Waals surface area contributed by atoms with Crippen molar-refractivity contribution in [1.29, 1.82) is 0 Å². The molecule has 1 N–H and O–H groups in total. The molecule has 2 nitrogen and oxygen atoms in total. The predicted molar refractivity (Wildman–Crippen MR) is 83.6 cm³/mol. The lowest BCUT2D eigenvalue weighted by molar-refractivity contribution is 0.185. The van der Waals surface area contributed by atoms with Gasteiger partial charge in [-0.05, 0) is 36.1 Å². The average molecular weight is 269 g/mol. The number of aryl methyl sites for hydroxylation is 1. The Bertz CT molecular complexity index is 533. The Balaban J connectivity index is 1.93. The van der Waals surface area contributed by atoms with E-state index in [-0.39, 0.29) is 0 Å². The summed E-state index contributed by atoms with van der Waals surface area (Å²) in [4.78, 5) is 0. The van der Waals surface area contributed by atoms with Crippen molar-refractivity contribution in [2.75, 3.05) is 7.11 Å². The van der Waals surface area contributed by atoms with Crippen molar-refractivity contribution in [2.45, 2.75) is 33.0 Å². The molecule has 2 heteroatoms. The highest BCUT2D eigenvalue weighted by molar-refractivity contribution is 5.28. The molecule has 0 bridgehead atoms. The molecule has 0 fully saturated rings. The smallest absolute Gasteiger partial charge is 0.0713 e. The van der Waals surface area contributed by atoms with Gasteiger partial charge in [-0.1, -0.05) is 48.5 Å². The zero-order valence-corrected chi connectivity index (χ0v) is 12.5. The summed E-state index contributed by atoms with van der Waals surface area (Å²) < 4.78 is 5.12. The van der Waals surface area contributed by atoms with Gasteiger partial charge >= 0.3 is 0 Å². The van der Waals surface area contributed by atoms with Gasteiger partial charge in [0.15, 0.2) is 0 Å². The second-order valence-electron chi connectivity index (χ2n) is 5.21. The third kappa shape index (κ3) is 3.92. The van der Waals surface area contributed by atoms with E-state index in [0.29, 0.717) is 12.6 Å². The highest BCUT2D eigenvalue weighted by Crippen LogP contribution is 2.17. The highest BCUT2D eigenvalue weighted by atomic mass is 16.5. The van der Waals surface area contributed by atoms with Crippen LogP contribution in [0.15, 0.2) is 48.5 Å². The number of ether oxygens (including phenoxy) is 1. The first-order valence-corrected chi connectivity index (χ1v) is 7.06. The Morgan fingerprint density at radius 1 is 1.00 bits per heavy atom. The molecule has 0 aliphatic rings. The summed E-state index contributed by atoms with van der Waals surface area (Å²) in [6, 6.07) is 17.5. The van der Waals surface area contributed by atoms with E-state index in [9.17, 15) is 0 Å². The van der Waals surface area contributed by atoms with E-state index in [4.69, 9.17) is 4.74 Å². The summed E-state index contributed by atoms with van der Waals surface area (Å²) in [5.41, 5.74) is 5.21. The van der Waals surface area contributed by atoms with Gasteiger partial charge in [-0.3, -0.25) is 0 Å². The van der Waals surface area contributed by atoms with E-state index < -0.39 is 0 Å². The standard InChI is InChI=1S/C18H23NO/c1-14-6-4-5-7-18(14)15(2)19-12-16-8-10-17(11-9-16)13-20-3/h4-11,15,19H,12-13H2,1-3H3. The van der Waals surface area contributed by atoms with E-state index in [0.717, 1.165) is 6.54 Å². The second kappa shape index (κ2) is 7.22. The second-order valence-corrected chi connectivity index (χ2v) is 5.21. The molecule has 2 aromatic rings. The van der Waals surface area contributed by atoms with Gasteiger partial charge in [-0.15, -0.1) is 0 Å². The molecular formula is C18H23NO. The fourth-order valence-electron chi connectivity index (χ4n) is 2.37. The number of benzene rings is 2. The predicted octanol–water partition coefficient (Wildman–Crippen LogP) is 3.99. The van der Waals surface area contributed by atoms with Gasteiger partial charge in [0.2, 0.25) is 0 Å². The maximum absolute atomic E-state index is 5.12. The van der Waals surface area contributed by atoms with Crippen LogP contribution in [-0.2, 0) is 17.9 Å². The molecule has 0 saturated heterocycles. The molecule has 0 radical (unpaired) electrons. The molecule has 0 aliphatic carbocycles. The van der Waals surface area contributed by atoms with E-state index in [1.807, 2.05) is 0 Å². The first kappa shape index (κ1) is 14.8. The van der Waals surface area contributed by atoms with Crippen molar-refractivity contribution in [1.82, 2.24) is 5.32 Å². The fourth-order valence-corrected chi connectivity index (χ4v) is 2.37. The molecule has 0 spiro atoms. The van der Waals surface area contributed by atoms with Crippen LogP contribution in [0.5, 0.6) is 0 Å². The van der Waals surface area contributed by atoms with E-state index in [2.05, 4.69) is 67.7 Å². The number of nitrogens with one attached hydrogen (secondary N) is 1. The quantitative estimate of drug-likeness (QED) is 0.856. The average Bonchev–Trinajstić information content (AvgIpc) is 2.47. The minimum Gasteiger partial charge on any atom is -0.380 e. The van der Waals surface area contributed by atoms with E-state index in [1.165, 1.54) is 22.3 Å². The Labute approximate surface area is 121 Å². The topological polar surface area (TPSA) is 21.3 Å². The van der Waals surface area contributed by atoms with Crippen molar-refractivity contribution in [2.24, 2.45) is 0 Å². The largest absolute Gasteiger partial charge is 0.380 e. The lowest BCUT2D eigenvalue weighted by Gasteiger charge is -2.16. The molecule has 2 rings (SSSR count). The van der Waals surface area contributed by atoms with Crippen LogP contribution in [0.4, 0.5) is 0 Å². The maximum atomic E-state index is 5.12. The zero-order chi connectivity index (χ0) is 14.4. The third-order valence-corrected chi connectivity index (χ3v) is 3.60. The Morgan fingerprint density at radius 3 is 2.30 bits per heavy atom. The summed E-state index contributed by atoms with van der Waals surface area (Å²) >= 11 is 0. The number of hydrogen-bond acceptors (Lipinski definition) is 2. The van der Waals surface area contributed by atoms with Gasteiger partial charge < -0.3 is 10.1 Å². The minimum atomic E-state index is 0.356. The normalized spacial score (nSPS) is 12.3. The molecule has 0 heterocycles. The van der Waals surface area contributed by atoms with Crippen LogP contribution in [0, 0.1) is 6.92 Å². The zero-order valence-electron chi connectivity index (χ0n) is 12.5. The molecular weight excluding hydrogens is 246 g/mol. The molecule has 0 aliphatic heterocycles. The fraction of sp³-hybridized carbons (Fsp3) is 0.333. The van der Waals surface area contributed by atoms with Gasteiger partial charge in [0, 0.05) is 19.7 Å². The van der Waals surface area contributed by atoms with Crippen LogP contribution in [0.25, 0.3) is 0 Å². The van der Waals surface area contributed by atoms with Crippen molar-refractivity contribution in [3.63, 3.8) is 0 Å². The number of rotatable bonds is 6. The SMILES string of the molecule is COCc1ccc(CNC(C)c2ccccc2C)cc1. The highest BCUT2D eigenvalue weighted by Gasteiger charge is 2.06. The Morgan fingerprint density at radius 2 is 1.65 bits per heavy atom. The van der Waals surface area contributed by atoms with Crippen LogP contribution >= 0.6 is 0 Å². The molecule has 1 atom stereocenters. The minimum absolute atomic E-state index is 0.356. The van der Waals surface area contributed by atoms with Gasteiger partial charge in [0.05, 0.1) is 6.61 Å². The summed E-state index contributed by atoms with van der Waals surface area (Å²) in [5.74, 6) is 0. The monoisotopic (exact) mass is 269 g/mol. The molecule has 106 valence electrons. The number of hydrogen-bond donors (Lipinski definition) is 1. The van der Waals surface area contributed by atoms with Crippen LogP contribution in [0.2, 0.25) is 0 Å². The Kier molecular flexibility index (Phi) is 5.33. The molecule has 1 unspecified atom stereocenters. The lowest BCUT2D eigenvalue weighted by Crippen LogP contribution is -2.18. The van der Waals surface area contributed by atoms with Crippen LogP contribution < -0.4 is 5.32 Å². The van der Waals surface area contributed by atoms with Gasteiger partial charge in [0.1, 0.15) is 0 Å². The molecule has 2 aromatic carbocycles. The van der Waals surface area contributed by atoms with Crippen molar-refractivity contribution < 1.29 is 4.74 Å². The van der Waals surface area contributed by atoms with Crippen LogP contribution in [0.1, 0.15) is 35.2 Å². The lowest BCUT2D eigenvalue weighted by atomic mass is 10.0. The summed E-state index contributed by atoms with van der Waals surface area (Å²) in [7, 11) is 1.72.